The Morgan fingerprint density at radius 1 is 1.26 bits per heavy atom. The van der Waals surface area contributed by atoms with Gasteiger partial charge in [0, 0.05) is 24.0 Å². The molecule has 98 valence electrons. The summed E-state index contributed by atoms with van der Waals surface area (Å²) in [6, 6.07) is 5.25. The number of rotatable bonds is 3. The maximum atomic E-state index is 13.9. The van der Waals surface area contributed by atoms with Gasteiger partial charge in [0.2, 0.25) is 0 Å². The third kappa shape index (κ3) is 2.00. The number of epoxide rings is 1. The summed E-state index contributed by atoms with van der Waals surface area (Å²) in [6.07, 6.45) is 3.27. The van der Waals surface area contributed by atoms with Crippen LogP contribution in [0.1, 0.15) is 24.2 Å². The average Bonchev–Trinajstić information content (AvgIpc) is 3.20. The minimum atomic E-state index is -0.779. The molecule has 1 saturated heterocycles. The maximum absolute atomic E-state index is 13.9. The van der Waals surface area contributed by atoms with Crippen LogP contribution in [0.4, 0.5) is 8.78 Å². The number of hydrogen-bond donors (Lipinski definition) is 0. The molecule has 0 N–H and O–H groups in total. The summed E-state index contributed by atoms with van der Waals surface area (Å²) >= 11 is 0. The Morgan fingerprint density at radius 2 is 1.95 bits per heavy atom. The van der Waals surface area contributed by atoms with Crippen molar-refractivity contribution in [3.05, 3.63) is 59.7 Å². The van der Waals surface area contributed by atoms with Gasteiger partial charge in [-0.3, -0.25) is 0 Å². The molecule has 5 heteroatoms. The van der Waals surface area contributed by atoms with Crippen LogP contribution in [0.2, 0.25) is 0 Å². The van der Waals surface area contributed by atoms with Gasteiger partial charge in [-0.05, 0) is 12.1 Å². The normalized spacial score (nSPS) is 23.1. The van der Waals surface area contributed by atoms with Gasteiger partial charge in [-0.1, -0.05) is 13.0 Å². The van der Waals surface area contributed by atoms with E-state index in [1.54, 1.807) is 18.5 Å². The molecule has 0 amide bonds. The number of ether oxygens (including phenoxy) is 1. The number of aromatic nitrogens is 2. The summed E-state index contributed by atoms with van der Waals surface area (Å²) in [7, 11) is 0. The first kappa shape index (κ1) is 12.2. The first-order valence-corrected chi connectivity index (χ1v) is 6.00. The van der Waals surface area contributed by atoms with Crippen LogP contribution in [0.25, 0.3) is 0 Å². The van der Waals surface area contributed by atoms with Crippen molar-refractivity contribution < 1.29 is 13.5 Å². The van der Waals surface area contributed by atoms with Crippen LogP contribution in [0.5, 0.6) is 0 Å². The molecule has 1 aliphatic heterocycles. The first-order valence-electron chi connectivity index (χ1n) is 6.00. The fraction of sp³-hybridized carbons (Fsp3) is 0.286. The van der Waals surface area contributed by atoms with Crippen molar-refractivity contribution in [3.63, 3.8) is 0 Å². The summed E-state index contributed by atoms with van der Waals surface area (Å²) in [5.41, 5.74) is -0.423. The minimum absolute atomic E-state index is 0.200. The Balaban J connectivity index is 1.99. The van der Waals surface area contributed by atoms with Crippen LogP contribution in [-0.4, -0.2) is 16.6 Å². The van der Waals surface area contributed by atoms with E-state index < -0.39 is 17.2 Å². The van der Waals surface area contributed by atoms with E-state index in [2.05, 4.69) is 9.97 Å². The Morgan fingerprint density at radius 3 is 2.53 bits per heavy atom. The molecule has 3 nitrogen and oxygen atoms in total. The highest BCUT2D eigenvalue weighted by molar-refractivity contribution is 5.32. The predicted octanol–water partition coefficient (Wildman–Crippen LogP) is 2.78. The largest absolute Gasteiger partial charge is 0.364 e. The van der Waals surface area contributed by atoms with Gasteiger partial charge in [-0.25, -0.2) is 18.7 Å². The molecule has 1 aliphatic rings. The molecular weight excluding hydrogens is 250 g/mol. The fourth-order valence-corrected chi connectivity index (χ4v) is 2.29. The summed E-state index contributed by atoms with van der Waals surface area (Å²) < 4.78 is 32.4. The zero-order valence-corrected chi connectivity index (χ0v) is 10.3. The summed E-state index contributed by atoms with van der Waals surface area (Å²) in [6.45, 7) is 2.26. The van der Waals surface area contributed by atoms with Crippen LogP contribution in [0.3, 0.4) is 0 Å². The van der Waals surface area contributed by atoms with Crippen LogP contribution in [0, 0.1) is 11.6 Å². The molecule has 2 aromatic rings. The average molecular weight is 262 g/mol. The van der Waals surface area contributed by atoms with E-state index in [1.165, 1.54) is 12.1 Å². The molecule has 0 aliphatic carbocycles. The molecule has 1 fully saturated rings. The van der Waals surface area contributed by atoms with Crippen molar-refractivity contribution in [3.8, 4) is 0 Å². The van der Waals surface area contributed by atoms with Gasteiger partial charge >= 0.3 is 0 Å². The van der Waals surface area contributed by atoms with Crippen molar-refractivity contribution in [2.75, 3.05) is 6.61 Å². The second kappa shape index (κ2) is 4.35. The first-order chi connectivity index (χ1) is 9.13. The standard InChI is InChI=1S/C14H12F2N2O/c1-9(13-17-5-2-6-18-13)14(8-19-14)11-4-3-10(15)7-12(11)16/h2-7,9H,8H2,1H3. The minimum Gasteiger partial charge on any atom is -0.364 e. The molecule has 0 saturated carbocycles. The zero-order valence-electron chi connectivity index (χ0n) is 10.3. The summed E-state index contributed by atoms with van der Waals surface area (Å²) in [5.74, 6) is -0.807. The number of benzene rings is 1. The number of nitrogens with zero attached hydrogens (tertiary/aromatic N) is 2. The highest BCUT2D eigenvalue weighted by Gasteiger charge is 2.54. The van der Waals surface area contributed by atoms with Crippen molar-refractivity contribution >= 4 is 0 Å². The monoisotopic (exact) mass is 262 g/mol. The molecule has 19 heavy (non-hydrogen) atoms. The number of hydrogen-bond acceptors (Lipinski definition) is 3. The van der Waals surface area contributed by atoms with E-state index in [0.29, 0.717) is 18.0 Å². The smallest absolute Gasteiger partial charge is 0.134 e. The Labute approximate surface area is 109 Å². The van der Waals surface area contributed by atoms with Gasteiger partial charge in [0.25, 0.3) is 0 Å². The molecule has 0 radical (unpaired) electrons. The van der Waals surface area contributed by atoms with E-state index in [0.717, 1.165) is 6.07 Å². The van der Waals surface area contributed by atoms with Crippen molar-refractivity contribution in [1.82, 2.24) is 9.97 Å². The molecule has 1 aromatic heterocycles. The summed E-state index contributed by atoms with van der Waals surface area (Å²) in [4.78, 5) is 8.34. The molecule has 0 spiro atoms. The second-order valence-corrected chi connectivity index (χ2v) is 4.63. The zero-order chi connectivity index (χ0) is 13.5. The fourth-order valence-electron chi connectivity index (χ4n) is 2.29. The van der Waals surface area contributed by atoms with E-state index in [1.807, 2.05) is 6.92 Å². The lowest BCUT2D eigenvalue weighted by atomic mass is 9.86. The van der Waals surface area contributed by atoms with Gasteiger partial charge in [0.05, 0.1) is 12.5 Å². The van der Waals surface area contributed by atoms with Crippen LogP contribution < -0.4 is 0 Å². The van der Waals surface area contributed by atoms with E-state index >= 15 is 0 Å². The second-order valence-electron chi connectivity index (χ2n) is 4.63. The Hall–Kier alpha value is -1.88. The molecule has 2 unspecified atom stereocenters. The molecule has 0 bridgehead atoms. The quantitative estimate of drug-likeness (QED) is 0.798. The lowest BCUT2D eigenvalue weighted by Gasteiger charge is -2.19. The molecule has 2 heterocycles. The van der Waals surface area contributed by atoms with Gasteiger partial charge < -0.3 is 4.74 Å². The SMILES string of the molecule is CC(c1ncccn1)C1(c2ccc(F)cc2F)CO1. The van der Waals surface area contributed by atoms with Crippen LogP contribution in [-0.2, 0) is 10.3 Å². The van der Waals surface area contributed by atoms with Crippen molar-refractivity contribution in [1.29, 1.82) is 0 Å². The molecule has 3 rings (SSSR count). The predicted molar refractivity (Wildman–Crippen MR) is 64.4 cm³/mol. The highest BCUT2D eigenvalue weighted by Crippen LogP contribution is 2.49. The van der Waals surface area contributed by atoms with Crippen LogP contribution >= 0.6 is 0 Å². The van der Waals surface area contributed by atoms with Gasteiger partial charge in [0.1, 0.15) is 23.1 Å². The highest BCUT2D eigenvalue weighted by atomic mass is 19.1. The Bertz CT molecular complexity index is 600. The van der Waals surface area contributed by atoms with Gasteiger partial charge in [-0.2, -0.15) is 0 Å². The topological polar surface area (TPSA) is 38.3 Å². The Kier molecular flexibility index (Phi) is 2.78. The van der Waals surface area contributed by atoms with Gasteiger partial charge in [0.15, 0.2) is 0 Å². The lowest BCUT2D eigenvalue weighted by molar-refractivity contribution is 0.261. The van der Waals surface area contributed by atoms with Crippen molar-refractivity contribution in [2.45, 2.75) is 18.4 Å². The van der Waals surface area contributed by atoms with E-state index in [-0.39, 0.29) is 5.92 Å². The third-order valence-corrected chi connectivity index (χ3v) is 3.51. The third-order valence-electron chi connectivity index (χ3n) is 3.51. The van der Waals surface area contributed by atoms with E-state index in [9.17, 15) is 8.78 Å². The van der Waals surface area contributed by atoms with Crippen molar-refractivity contribution in [2.24, 2.45) is 0 Å². The lowest BCUT2D eigenvalue weighted by Crippen LogP contribution is -2.21. The molecular formula is C14H12F2N2O. The number of halogens is 2. The molecule has 1 aromatic carbocycles. The summed E-state index contributed by atoms with van der Waals surface area (Å²) in [5, 5.41) is 0. The van der Waals surface area contributed by atoms with Crippen LogP contribution in [0.15, 0.2) is 36.7 Å². The van der Waals surface area contributed by atoms with E-state index in [4.69, 9.17) is 4.74 Å². The van der Waals surface area contributed by atoms with Gasteiger partial charge in [-0.15, -0.1) is 0 Å². The maximum Gasteiger partial charge on any atom is 0.134 e. The molecule has 2 atom stereocenters.